The number of fused-ring (bicyclic) bond motifs is 1. The summed E-state index contributed by atoms with van der Waals surface area (Å²) < 4.78 is 6.35. The zero-order valence-electron chi connectivity index (χ0n) is 8.13. The highest BCUT2D eigenvalue weighted by Crippen LogP contribution is 2.37. The predicted molar refractivity (Wildman–Crippen MR) is 57.7 cm³/mol. The van der Waals surface area contributed by atoms with E-state index >= 15 is 0 Å². The zero-order valence-corrected chi connectivity index (χ0v) is 9.72. The Labute approximate surface area is 91.4 Å². The van der Waals surface area contributed by atoms with Crippen LogP contribution < -0.4 is 4.74 Å². The van der Waals surface area contributed by atoms with E-state index in [1.165, 1.54) is 0 Å². The summed E-state index contributed by atoms with van der Waals surface area (Å²) in [5.74, 6) is 0.829. The van der Waals surface area contributed by atoms with Crippen LogP contribution >= 0.6 is 15.9 Å². The van der Waals surface area contributed by atoms with Crippen molar-refractivity contribution in [3.05, 3.63) is 28.2 Å². The number of benzene rings is 1. The fourth-order valence-corrected chi connectivity index (χ4v) is 2.04. The molecule has 0 amide bonds. The molecule has 0 aromatic heterocycles. The summed E-state index contributed by atoms with van der Waals surface area (Å²) in [6, 6.07) is 5.56. The molecule has 0 unspecified atom stereocenters. The minimum Gasteiger partial charge on any atom is -0.492 e. The molecular formula is C11H11BrO2. The van der Waals surface area contributed by atoms with Crippen molar-refractivity contribution in [2.75, 3.05) is 6.61 Å². The van der Waals surface area contributed by atoms with Crippen LogP contribution in [-0.2, 0) is 0 Å². The van der Waals surface area contributed by atoms with Gasteiger partial charge >= 0.3 is 0 Å². The minimum absolute atomic E-state index is 0.145. The molecule has 0 spiro atoms. The molecule has 2 rings (SSSR count). The second-order valence-electron chi connectivity index (χ2n) is 4.11. The van der Waals surface area contributed by atoms with Gasteiger partial charge in [-0.3, -0.25) is 4.79 Å². The maximum Gasteiger partial charge on any atom is 0.176 e. The molecule has 74 valence electrons. The molecule has 14 heavy (non-hydrogen) atoms. The van der Waals surface area contributed by atoms with Gasteiger partial charge in [-0.2, -0.15) is 0 Å². The SMILES string of the molecule is CC1(C)COc2cccc(Br)c2C1=O. The summed E-state index contributed by atoms with van der Waals surface area (Å²) in [6.07, 6.45) is 0. The number of Topliss-reactive ketones (excluding diaryl/α,β-unsaturated/α-hetero) is 1. The smallest absolute Gasteiger partial charge is 0.176 e. The standard InChI is InChI=1S/C11H11BrO2/c1-11(2)6-14-8-5-3-4-7(12)9(8)10(11)13/h3-5H,6H2,1-2H3. The Morgan fingerprint density at radius 1 is 1.43 bits per heavy atom. The molecule has 0 fully saturated rings. The van der Waals surface area contributed by atoms with Gasteiger partial charge in [0.05, 0.1) is 11.0 Å². The van der Waals surface area contributed by atoms with E-state index in [0.717, 1.165) is 4.47 Å². The van der Waals surface area contributed by atoms with E-state index in [1.807, 2.05) is 32.0 Å². The molecule has 0 atom stereocenters. The van der Waals surface area contributed by atoms with Crippen molar-refractivity contribution in [1.29, 1.82) is 0 Å². The van der Waals surface area contributed by atoms with Crippen LogP contribution in [0.2, 0.25) is 0 Å². The third-order valence-electron chi connectivity index (χ3n) is 2.41. The molecule has 1 aliphatic heterocycles. The van der Waals surface area contributed by atoms with E-state index in [0.29, 0.717) is 17.9 Å². The van der Waals surface area contributed by atoms with E-state index in [4.69, 9.17) is 4.74 Å². The predicted octanol–water partition coefficient (Wildman–Crippen LogP) is 3.05. The number of ketones is 1. The number of halogens is 1. The first-order valence-corrected chi connectivity index (χ1v) is 5.28. The molecule has 1 aromatic carbocycles. The Hall–Kier alpha value is -0.830. The highest BCUT2D eigenvalue weighted by atomic mass is 79.9. The summed E-state index contributed by atoms with van der Waals surface area (Å²) in [5, 5.41) is 0. The van der Waals surface area contributed by atoms with Gasteiger partial charge in [0.25, 0.3) is 0 Å². The van der Waals surface area contributed by atoms with Gasteiger partial charge in [-0.15, -0.1) is 0 Å². The quantitative estimate of drug-likeness (QED) is 0.712. The summed E-state index contributed by atoms with van der Waals surface area (Å²) in [4.78, 5) is 12.0. The third-order valence-corrected chi connectivity index (χ3v) is 3.07. The van der Waals surface area contributed by atoms with Crippen molar-refractivity contribution in [2.45, 2.75) is 13.8 Å². The van der Waals surface area contributed by atoms with Crippen molar-refractivity contribution in [3.63, 3.8) is 0 Å². The van der Waals surface area contributed by atoms with E-state index in [9.17, 15) is 4.79 Å². The first kappa shape index (κ1) is 9.71. The number of carbonyl (C=O) groups excluding carboxylic acids is 1. The van der Waals surface area contributed by atoms with E-state index < -0.39 is 5.41 Å². The summed E-state index contributed by atoms with van der Waals surface area (Å²) in [6.45, 7) is 4.25. The van der Waals surface area contributed by atoms with Gasteiger partial charge in [-0.1, -0.05) is 6.07 Å². The zero-order chi connectivity index (χ0) is 10.3. The maximum absolute atomic E-state index is 12.0. The monoisotopic (exact) mass is 254 g/mol. The van der Waals surface area contributed by atoms with Gasteiger partial charge in [-0.05, 0) is 41.9 Å². The van der Waals surface area contributed by atoms with E-state index in [-0.39, 0.29) is 5.78 Å². The highest BCUT2D eigenvalue weighted by Gasteiger charge is 2.36. The lowest BCUT2D eigenvalue weighted by atomic mass is 9.83. The highest BCUT2D eigenvalue weighted by molar-refractivity contribution is 9.10. The molecule has 0 N–H and O–H groups in total. The third kappa shape index (κ3) is 1.36. The molecule has 0 bridgehead atoms. The normalized spacial score (nSPS) is 18.6. The topological polar surface area (TPSA) is 26.3 Å². The van der Waals surface area contributed by atoms with Gasteiger partial charge in [-0.25, -0.2) is 0 Å². The van der Waals surface area contributed by atoms with Gasteiger partial charge in [0, 0.05) is 4.47 Å². The summed E-state index contributed by atoms with van der Waals surface area (Å²) in [5.41, 5.74) is 0.250. The van der Waals surface area contributed by atoms with E-state index in [1.54, 1.807) is 0 Å². The molecule has 0 aliphatic carbocycles. The first-order valence-electron chi connectivity index (χ1n) is 4.48. The average molecular weight is 255 g/mol. The maximum atomic E-state index is 12.0. The van der Waals surface area contributed by atoms with Crippen LogP contribution in [0.15, 0.2) is 22.7 Å². The van der Waals surface area contributed by atoms with Crippen molar-refractivity contribution >= 4 is 21.7 Å². The molecule has 2 nitrogen and oxygen atoms in total. The molecule has 0 saturated carbocycles. The Bertz CT molecular complexity index is 396. The van der Waals surface area contributed by atoms with Gasteiger partial charge in [0.2, 0.25) is 0 Å². The number of rotatable bonds is 0. The fraction of sp³-hybridized carbons (Fsp3) is 0.364. The van der Waals surface area contributed by atoms with Gasteiger partial charge < -0.3 is 4.74 Å². The second-order valence-corrected chi connectivity index (χ2v) is 4.97. The average Bonchev–Trinajstić information content (AvgIpc) is 2.12. The first-order chi connectivity index (χ1) is 6.52. The Morgan fingerprint density at radius 3 is 2.86 bits per heavy atom. The van der Waals surface area contributed by atoms with Crippen molar-refractivity contribution in [3.8, 4) is 5.75 Å². The minimum atomic E-state index is -0.420. The molecular weight excluding hydrogens is 244 g/mol. The van der Waals surface area contributed by atoms with Crippen LogP contribution in [0, 0.1) is 5.41 Å². The fourth-order valence-electron chi connectivity index (χ4n) is 1.51. The lowest BCUT2D eigenvalue weighted by molar-refractivity contribution is 0.0691. The molecule has 3 heteroatoms. The molecule has 0 saturated heterocycles. The number of ether oxygens (including phenoxy) is 1. The van der Waals surface area contributed by atoms with Crippen molar-refractivity contribution in [2.24, 2.45) is 5.41 Å². The Balaban J connectivity index is 2.60. The number of carbonyl (C=O) groups is 1. The Morgan fingerprint density at radius 2 is 2.14 bits per heavy atom. The molecule has 1 aliphatic rings. The number of hydrogen-bond donors (Lipinski definition) is 0. The summed E-state index contributed by atoms with van der Waals surface area (Å²) in [7, 11) is 0. The molecule has 1 aromatic rings. The Kier molecular flexibility index (Phi) is 2.14. The van der Waals surface area contributed by atoms with Crippen LogP contribution in [-0.4, -0.2) is 12.4 Å². The molecule has 1 heterocycles. The van der Waals surface area contributed by atoms with Gasteiger partial charge in [0.1, 0.15) is 12.4 Å². The van der Waals surface area contributed by atoms with E-state index in [2.05, 4.69) is 15.9 Å². The van der Waals surface area contributed by atoms with Crippen LogP contribution in [0.25, 0.3) is 0 Å². The van der Waals surface area contributed by atoms with Gasteiger partial charge in [0.15, 0.2) is 5.78 Å². The van der Waals surface area contributed by atoms with Crippen molar-refractivity contribution in [1.82, 2.24) is 0 Å². The van der Waals surface area contributed by atoms with Crippen LogP contribution in [0.5, 0.6) is 5.75 Å². The second kappa shape index (κ2) is 3.09. The van der Waals surface area contributed by atoms with Crippen molar-refractivity contribution < 1.29 is 9.53 Å². The summed E-state index contributed by atoms with van der Waals surface area (Å²) >= 11 is 3.37. The lowest BCUT2D eigenvalue weighted by Gasteiger charge is -2.30. The molecule has 0 radical (unpaired) electrons. The lowest BCUT2D eigenvalue weighted by Crippen LogP contribution is -2.35. The largest absolute Gasteiger partial charge is 0.492 e. The van der Waals surface area contributed by atoms with Crippen LogP contribution in [0.3, 0.4) is 0 Å². The number of hydrogen-bond acceptors (Lipinski definition) is 2. The van der Waals surface area contributed by atoms with Crippen LogP contribution in [0.4, 0.5) is 0 Å². The van der Waals surface area contributed by atoms with Crippen LogP contribution in [0.1, 0.15) is 24.2 Å².